The van der Waals surface area contributed by atoms with E-state index in [0.29, 0.717) is 11.3 Å². The van der Waals surface area contributed by atoms with Crippen molar-refractivity contribution in [3.05, 3.63) is 60.2 Å². The highest BCUT2D eigenvalue weighted by Crippen LogP contribution is 2.26. The number of hydrogen-bond acceptors (Lipinski definition) is 5. The number of ether oxygens (including phenoxy) is 2. The van der Waals surface area contributed by atoms with E-state index in [1.54, 1.807) is 26.4 Å². The normalized spacial score (nSPS) is 15.9. The van der Waals surface area contributed by atoms with Crippen molar-refractivity contribution < 1.29 is 14.3 Å². The van der Waals surface area contributed by atoms with Crippen LogP contribution in [0.5, 0.6) is 11.5 Å². The second-order valence-corrected chi connectivity index (χ2v) is 7.01. The van der Waals surface area contributed by atoms with E-state index in [4.69, 9.17) is 9.47 Å². The zero-order valence-corrected chi connectivity index (χ0v) is 16.5. The van der Waals surface area contributed by atoms with Gasteiger partial charge in [-0.3, -0.25) is 9.89 Å². The third-order valence-electron chi connectivity index (χ3n) is 5.14. The molecule has 0 aliphatic carbocycles. The van der Waals surface area contributed by atoms with E-state index in [1.807, 2.05) is 42.5 Å². The number of aromatic amines is 1. The number of hydrogen-bond donors (Lipinski definition) is 2. The number of methoxy groups -OCH3 is 2. The summed E-state index contributed by atoms with van der Waals surface area (Å²) in [6, 6.07) is 17.1. The number of aromatic nitrogens is 2. The maximum Gasteiger partial charge on any atom is 0.251 e. The molecule has 4 rings (SSSR count). The lowest BCUT2D eigenvalue weighted by Gasteiger charge is -2.16. The van der Waals surface area contributed by atoms with Crippen LogP contribution in [0.3, 0.4) is 0 Å². The summed E-state index contributed by atoms with van der Waals surface area (Å²) in [6.07, 6.45) is 0.875. The number of H-pyrrole nitrogens is 1. The van der Waals surface area contributed by atoms with Crippen molar-refractivity contribution >= 4 is 11.7 Å². The van der Waals surface area contributed by atoms with E-state index < -0.39 is 0 Å². The van der Waals surface area contributed by atoms with Crippen molar-refractivity contribution in [2.75, 3.05) is 32.2 Å². The number of rotatable bonds is 6. The van der Waals surface area contributed by atoms with Gasteiger partial charge in [0, 0.05) is 30.8 Å². The summed E-state index contributed by atoms with van der Waals surface area (Å²) in [5.74, 6) is 2.29. The minimum Gasteiger partial charge on any atom is -0.497 e. The van der Waals surface area contributed by atoms with Gasteiger partial charge < -0.3 is 19.7 Å². The second-order valence-electron chi connectivity index (χ2n) is 7.01. The molecule has 0 saturated carbocycles. The fraction of sp³-hybridized carbons (Fsp3) is 0.273. The minimum absolute atomic E-state index is 0.0786. The molecular formula is C22H24N4O3. The van der Waals surface area contributed by atoms with E-state index in [2.05, 4.69) is 20.4 Å². The lowest BCUT2D eigenvalue weighted by atomic mass is 10.1. The van der Waals surface area contributed by atoms with Crippen LogP contribution in [0.2, 0.25) is 0 Å². The molecular weight excluding hydrogens is 368 g/mol. The van der Waals surface area contributed by atoms with E-state index in [0.717, 1.165) is 42.3 Å². The second kappa shape index (κ2) is 8.26. The van der Waals surface area contributed by atoms with Gasteiger partial charge in [0.1, 0.15) is 11.5 Å². The van der Waals surface area contributed by atoms with Crippen LogP contribution in [0.15, 0.2) is 54.6 Å². The monoisotopic (exact) mass is 392 g/mol. The summed E-state index contributed by atoms with van der Waals surface area (Å²) >= 11 is 0. The maximum absolute atomic E-state index is 12.5. The molecule has 1 atom stereocenters. The quantitative estimate of drug-likeness (QED) is 0.674. The van der Waals surface area contributed by atoms with Gasteiger partial charge in [-0.25, -0.2) is 0 Å². The SMILES string of the molecule is COc1ccc(-c2cc(N3CC[C@@H](NC(=O)c4cccc(OC)c4)C3)n[nH]2)cc1. The average Bonchev–Trinajstić information content (AvgIpc) is 3.43. The van der Waals surface area contributed by atoms with Gasteiger partial charge in [0.25, 0.3) is 5.91 Å². The Morgan fingerprint density at radius 1 is 1.10 bits per heavy atom. The van der Waals surface area contributed by atoms with Gasteiger partial charge in [0.2, 0.25) is 0 Å². The van der Waals surface area contributed by atoms with Gasteiger partial charge in [-0.05, 0) is 54.4 Å². The number of amides is 1. The highest BCUT2D eigenvalue weighted by atomic mass is 16.5. The number of carbonyl (C=O) groups excluding carboxylic acids is 1. The topological polar surface area (TPSA) is 79.5 Å². The van der Waals surface area contributed by atoms with Crippen LogP contribution in [0, 0.1) is 0 Å². The molecule has 7 heteroatoms. The van der Waals surface area contributed by atoms with Gasteiger partial charge in [-0.1, -0.05) is 6.07 Å². The number of nitrogens with one attached hydrogen (secondary N) is 2. The fourth-order valence-electron chi connectivity index (χ4n) is 3.51. The molecule has 1 saturated heterocycles. The Labute approximate surface area is 169 Å². The summed E-state index contributed by atoms with van der Waals surface area (Å²) in [5, 5.41) is 10.7. The van der Waals surface area contributed by atoms with Gasteiger partial charge in [-0.15, -0.1) is 0 Å². The molecule has 2 N–H and O–H groups in total. The van der Waals surface area contributed by atoms with Crippen LogP contribution in [-0.2, 0) is 0 Å². The van der Waals surface area contributed by atoms with Crippen LogP contribution in [-0.4, -0.2) is 49.5 Å². The van der Waals surface area contributed by atoms with E-state index in [9.17, 15) is 4.79 Å². The molecule has 0 bridgehead atoms. The van der Waals surface area contributed by atoms with Crippen molar-refractivity contribution in [2.24, 2.45) is 0 Å². The van der Waals surface area contributed by atoms with Crippen molar-refractivity contribution in [3.8, 4) is 22.8 Å². The first-order valence-electron chi connectivity index (χ1n) is 9.56. The molecule has 2 aromatic carbocycles. The Morgan fingerprint density at radius 3 is 2.66 bits per heavy atom. The molecule has 0 radical (unpaired) electrons. The number of carbonyl (C=O) groups is 1. The Morgan fingerprint density at radius 2 is 1.90 bits per heavy atom. The number of benzene rings is 2. The molecule has 1 aliphatic heterocycles. The third kappa shape index (κ3) is 4.18. The van der Waals surface area contributed by atoms with Crippen LogP contribution >= 0.6 is 0 Å². The first-order chi connectivity index (χ1) is 14.2. The van der Waals surface area contributed by atoms with Crippen molar-refractivity contribution in [3.63, 3.8) is 0 Å². The standard InChI is InChI=1S/C22H24N4O3/c1-28-18-8-6-15(7-9-18)20-13-21(25-24-20)26-11-10-17(14-26)23-22(27)16-4-3-5-19(12-16)29-2/h3-9,12-13,17H,10-11,14H2,1-2H3,(H,23,27)(H,24,25)/t17-/m1/s1. The average molecular weight is 392 g/mol. The Balaban J connectivity index is 1.38. The predicted octanol–water partition coefficient (Wildman–Crippen LogP) is 3.10. The number of nitrogens with zero attached hydrogens (tertiary/aromatic N) is 2. The molecule has 1 amide bonds. The van der Waals surface area contributed by atoms with Gasteiger partial charge in [0.15, 0.2) is 5.82 Å². The molecule has 2 heterocycles. The summed E-state index contributed by atoms with van der Waals surface area (Å²) < 4.78 is 10.4. The molecule has 0 unspecified atom stereocenters. The minimum atomic E-state index is -0.0864. The Kier molecular flexibility index (Phi) is 5.37. The number of anilines is 1. The van der Waals surface area contributed by atoms with E-state index >= 15 is 0 Å². The fourth-order valence-corrected chi connectivity index (χ4v) is 3.51. The molecule has 150 valence electrons. The predicted molar refractivity (Wildman–Crippen MR) is 112 cm³/mol. The van der Waals surface area contributed by atoms with Crippen LogP contribution in [0.25, 0.3) is 11.3 Å². The highest BCUT2D eigenvalue weighted by Gasteiger charge is 2.26. The van der Waals surface area contributed by atoms with Crippen molar-refractivity contribution in [1.29, 1.82) is 0 Å². The van der Waals surface area contributed by atoms with E-state index in [-0.39, 0.29) is 11.9 Å². The molecule has 29 heavy (non-hydrogen) atoms. The molecule has 1 fully saturated rings. The van der Waals surface area contributed by atoms with Gasteiger partial charge in [0.05, 0.1) is 19.9 Å². The molecule has 0 spiro atoms. The van der Waals surface area contributed by atoms with Crippen molar-refractivity contribution in [1.82, 2.24) is 15.5 Å². The van der Waals surface area contributed by atoms with Crippen LogP contribution in [0.1, 0.15) is 16.8 Å². The van der Waals surface area contributed by atoms with E-state index in [1.165, 1.54) is 0 Å². The van der Waals surface area contributed by atoms with Crippen LogP contribution in [0.4, 0.5) is 5.82 Å². The summed E-state index contributed by atoms with van der Waals surface area (Å²) in [4.78, 5) is 14.7. The maximum atomic E-state index is 12.5. The zero-order chi connectivity index (χ0) is 20.2. The van der Waals surface area contributed by atoms with Gasteiger partial charge in [-0.2, -0.15) is 5.10 Å². The summed E-state index contributed by atoms with van der Waals surface area (Å²) in [6.45, 7) is 1.57. The first-order valence-corrected chi connectivity index (χ1v) is 9.56. The Hall–Kier alpha value is -3.48. The molecule has 1 aromatic heterocycles. The summed E-state index contributed by atoms with van der Waals surface area (Å²) in [5.41, 5.74) is 2.60. The van der Waals surface area contributed by atoms with Gasteiger partial charge >= 0.3 is 0 Å². The first kappa shape index (κ1) is 18.9. The Bertz CT molecular complexity index is 984. The zero-order valence-electron chi connectivity index (χ0n) is 16.5. The lowest BCUT2D eigenvalue weighted by molar-refractivity contribution is 0.0940. The smallest absolute Gasteiger partial charge is 0.251 e. The van der Waals surface area contributed by atoms with Crippen molar-refractivity contribution in [2.45, 2.75) is 12.5 Å². The molecule has 1 aliphatic rings. The molecule has 7 nitrogen and oxygen atoms in total. The largest absolute Gasteiger partial charge is 0.497 e. The summed E-state index contributed by atoms with van der Waals surface area (Å²) in [7, 11) is 3.25. The highest BCUT2D eigenvalue weighted by molar-refractivity contribution is 5.94. The third-order valence-corrected chi connectivity index (χ3v) is 5.14. The van der Waals surface area contributed by atoms with Crippen LogP contribution < -0.4 is 19.7 Å². The molecule has 3 aromatic rings. The lowest BCUT2D eigenvalue weighted by Crippen LogP contribution is -2.37.